The lowest BCUT2D eigenvalue weighted by Gasteiger charge is -2.34. The fourth-order valence-corrected chi connectivity index (χ4v) is 3.48. The van der Waals surface area contributed by atoms with Crippen LogP contribution in [0.1, 0.15) is 27.8 Å². The molecule has 1 aromatic carbocycles. The summed E-state index contributed by atoms with van der Waals surface area (Å²) in [4.78, 5) is 40.2. The van der Waals surface area contributed by atoms with E-state index >= 15 is 0 Å². The molecule has 0 spiro atoms. The van der Waals surface area contributed by atoms with E-state index in [9.17, 15) is 14.4 Å². The van der Waals surface area contributed by atoms with Crippen LogP contribution in [0.3, 0.4) is 0 Å². The summed E-state index contributed by atoms with van der Waals surface area (Å²) >= 11 is 12.2. The Kier molecular flexibility index (Phi) is 5.82. The molecule has 0 unspecified atom stereocenters. The van der Waals surface area contributed by atoms with Crippen LogP contribution in [0, 0.1) is 0 Å². The summed E-state index contributed by atoms with van der Waals surface area (Å²) in [7, 11) is 0. The van der Waals surface area contributed by atoms with Crippen LogP contribution in [0.25, 0.3) is 0 Å². The number of aryl methyl sites for hydroxylation is 1. The largest absolute Gasteiger partial charge is 0.335 e. The number of aromatic nitrogens is 2. The van der Waals surface area contributed by atoms with Gasteiger partial charge in [-0.05, 0) is 25.1 Å². The summed E-state index contributed by atoms with van der Waals surface area (Å²) in [6, 6.07) is 7.69. The zero-order valence-electron chi connectivity index (χ0n) is 14.7. The zero-order valence-corrected chi connectivity index (χ0v) is 16.2. The third kappa shape index (κ3) is 3.99. The van der Waals surface area contributed by atoms with E-state index in [1.807, 2.05) is 0 Å². The Labute approximate surface area is 166 Å². The first-order valence-corrected chi connectivity index (χ1v) is 9.28. The molecule has 0 atom stereocenters. The predicted octanol–water partition coefficient (Wildman–Crippen LogP) is 2.17. The molecule has 9 heteroatoms. The molecule has 2 heterocycles. The van der Waals surface area contributed by atoms with Crippen LogP contribution in [-0.4, -0.2) is 57.6 Å². The van der Waals surface area contributed by atoms with Crippen molar-refractivity contribution < 1.29 is 9.59 Å². The molecule has 27 heavy (non-hydrogen) atoms. The molecule has 1 aromatic heterocycles. The van der Waals surface area contributed by atoms with Crippen LogP contribution in [0.5, 0.6) is 0 Å². The summed E-state index contributed by atoms with van der Waals surface area (Å²) in [5, 5.41) is 4.69. The van der Waals surface area contributed by atoms with Gasteiger partial charge < -0.3 is 9.80 Å². The van der Waals surface area contributed by atoms with Crippen LogP contribution in [0.15, 0.2) is 35.1 Å². The number of carbonyl (C=O) groups is 2. The van der Waals surface area contributed by atoms with Crippen LogP contribution < -0.4 is 5.56 Å². The highest BCUT2D eigenvalue weighted by atomic mass is 35.5. The van der Waals surface area contributed by atoms with E-state index in [0.29, 0.717) is 42.8 Å². The number of benzene rings is 1. The lowest BCUT2D eigenvalue weighted by Crippen LogP contribution is -2.51. The topological polar surface area (TPSA) is 75.5 Å². The Morgan fingerprint density at radius 2 is 1.52 bits per heavy atom. The number of carbonyl (C=O) groups excluding carboxylic acids is 2. The van der Waals surface area contributed by atoms with Crippen molar-refractivity contribution in [2.24, 2.45) is 0 Å². The fourth-order valence-electron chi connectivity index (χ4n) is 2.92. The Balaban J connectivity index is 1.69. The van der Waals surface area contributed by atoms with Gasteiger partial charge in [-0.25, -0.2) is 4.68 Å². The van der Waals surface area contributed by atoms with Crippen LogP contribution in [0.2, 0.25) is 10.0 Å². The first kappa shape index (κ1) is 19.4. The van der Waals surface area contributed by atoms with Crippen molar-refractivity contribution >= 4 is 35.0 Å². The quantitative estimate of drug-likeness (QED) is 0.779. The van der Waals surface area contributed by atoms with E-state index < -0.39 is 0 Å². The van der Waals surface area contributed by atoms with Crippen LogP contribution >= 0.6 is 23.2 Å². The molecule has 1 fully saturated rings. The van der Waals surface area contributed by atoms with Crippen molar-refractivity contribution in [3.63, 3.8) is 0 Å². The third-order valence-corrected chi connectivity index (χ3v) is 5.05. The van der Waals surface area contributed by atoms with Gasteiger partial charge in [-0.15, -0.1) is 0 Å². The van der Waals surface area contributed by atoms with E-state index in [2.05, 4.69) is 5.10 Å². The van der Waals surface area contributed by atoms with Gasteiger partial charge in [-0.3, -0.25) is 14.4 Å². The molecule has 1 aliphatic heterocycles. The van der Waals surface area contributed by atoms with Crippen molar-refractivity contribution in [2.75, 3.05) is 26.2 Å². The van der Waals surface area contributed by atoms with Crippen LogP contribution in [0.4, 0.5) is 0 Å². The maximum atomic E-state index is 12.7. The minimum atomic E-state index is -0.264. The van der Waals surface area contributed by atoms with Gasteiger partial charge >= 0.3 is 0 Å². The van der Waals surface area contributed by atoms with Gasteiger partial charge in [0.2, 0.25) is 0 Å². The number of amides is 2. The first-order valence-electron chi connectivity index (χ1n) is 8.53. The maximum Gasteiger partial charge on any atom is 0.274 e. The van der Waals surface area contributed by atoms with Gasteiger partial charge in [0.15, 0.2) is 0 Å². The number of halogens is 2. The van der Waals surface area contributed by atoms with E-state index in [-0.39, 0.29) is 28.6 Å². The molecule has 2 amide bonds. The Morgan fingerprint density at radius 3 is 2.07 bits per heavy atom. The normalized spacial score (nSPS) is 14.3. The van der Waals surface area contributed by atoms with E-state index in [4.69, 9.17) is 23.2 Å². The molecule has 2 aromatic rings. The molecule has 0 N–H and O–H groups in total. The molecule has 0 radical (unpaired) electrons. The van der Waals surface area contributed by atoms with Gasteiger partial charge in [0.25, 0.3) is 17.4 Å². The van der Waals surface area contributed by atoms with Gasteiger partial charge in [0.1, 0.15) is 5.69 Å². The zero-order chi connectivity index (χ0) is 19.6. The van der Waals surface area contributed by atoms with E-state index in [1.165, 1.54) is 16.8 Å². The Morgan fingerprint density at radius 1 is 0.963 bits per heavy atom. The number of rotatable bonds is 3. The molecule has 1 saturated heterocycles. The van der Waals surface area contributed by atoms with Crippen LogP contribution in [-0.2, 0) is 6.54 Å². The van der Waals surface area contributed by atoms with Crippen molar-refractivity contribution in [1.29, 1.82) is 0 Å². The minimum Gasteiger partial charge on any atom is -0.335 e. The standard InChI is InChI=1S/C18H18Cl2N4O3/c1-2-24-15(25)7-6-14(21-24)17(26)22-8-10-23(11-9-22)18(27)16-12(19)4-3-5-13(16)20/h3-7H,2,8-11H2,1H3. The minimum absolute atomic E-state index is 0.213. The molecule has 0 bridgehead atoms. The Bertz CT molecular complexity index is 916. The maximum absolute atomic E-state index is 12.7. The van der Waals surface area contributed by atoms with Gasteiger partial charge in [-0.1, -0.05) is 29.3 Å². The average Bonchev–Trinajstić information content (AvgIpc) is 2.67. The highest BCUT2D eigenvalue weighted by Gasteiger charge is 2.28. The van der Waals surface area contributed by atoms with Crippen molar-refractivity contribution in [3.05, 3.63) is 62.0 Å². The smallest absolute Gasteiger partial charge is 0.274 e. The highest BCUT2D eigenvalue weighted by molar-refractivity contribution is 6.39. The molecule has 0 saturated carbocycles. The van der Waals surface area contributed by atoms with E-state index in [1.54, 1.807) is 34.9 Å². The molecule has 142 valence electrons. The monoisotopic (exact) mass is 408 g/mol. The van der Waals surface area contributed by atoms with Gasteiger partial charge in [-0.2, -0.15) is 5.10 Å². The Hall–Kier alpha value is -2.38. The molecule has 0 aliphatic carbocycles. The number of hydrogen-bond donors (Lipinski definition) is 0. The predicted molar refractivity (Wildman–Crippen MR) is 102 cm³/mol. The summed E-state index contributed by atoms with van der Waals surface area (Å²) in [6.45, 7) is 3.62. The molecule has 1 aliphatic rings. The molecular weight excluding hydrogens is 391 g/mol. The van der Waals surface area contributed by atoms with E-state index in [0.717, 1.165) is 0 Å². The van der Waals surface area contributed by atoms with Gasteiger partial charge in [0, 0.05) is 38.8 Å². The third-order valence-electron chi connectivity index (χ3n) is 4.42. The average molecular weight is 409 g/mol. The van der Waals surface area contributed by atoms with Crippen molar-refractivity contribution in [3.8, 4) is 0 Å². The molecule has 3 rings (SSSR count). The summed E-state index contributed by atoms with van der Waals surface area (Å²) in [5.41, 5.74) is 0.240. The van der Waals surface area contributed by atoms with Gasteiger partial charge in [0.05, 0.1) is 15.6 Å². The second-order valence-electron chi connectivity index (χ2n) is 6.05. The number of hydrogen-bond acceptors (Lipinski definition) is 4. The number of piperazine rings is 1. The molecule has 7 nitrogen and oxygen atoms in total. The number of nitrogens with zero attached hydrogens (tertiary/aromatic N) is 4. The molecular formula is C18H18Cl2N4O3. The van der Waals surface area contributed by atoms with Crippen molar-refractivity contribution in [2.45, 2.75) is 13.5 Å². The fraction of sp³-hybridized carbons (Fsp3) is 0.333. The second kappa shape index (κ2) is 8.10. The lowest BCUT2D eigenvalue weighted by molar-refractivity contribution is 0.0531. The van der Waals surface area contributed by atoms with Crippen molar-refractivity contribution in [1.82, 2.24) is 19.6 Å². The summed E-state index contributed by atoms with van der Waals surface area (Å²) in [5.74, 6) is -0.518. The highest BCUT2D eigenvalue weighted by Crippen LogP contribution is 2.26. The summed E-state index contributed by atoms with van der Waals surface area (Å²) < 4.78 is 1.24. The lowest BCUT2D eigenvalue weighted by atomic mass is 10.1. The summed E-state index contributed by atoms with van der Waals surface area (Å²) in [6.07, 6.45) is 0. The first-order chi connectivity index (χ1) is 12.9. The second-order valence-corrected chi connectivity index (χ2v) is 6.87. The SMILES string of the molecule is CCn1nc(C(=O)N2CCN(C(=O)c3c(Cl)cccc3Cl)CC2)ccc1=O.